The third kappa shape index (κ3) is 3.40. The van der Waals surface area contributed by atoms with E-state index in [1.54, 1.807) is 24.3 Å². The van der Waals surface area contributed by atoms with Gasteiger partial charge in [-0.05, 0) is 91.1 Å². The first-order chi connectivity index (χ1) is 14.1. The smallest absolute Gasteiger partial charge is 0.123 e. The van der Waals surface area contributed by atoms with Gasteiger partial charge in [0.25, 0.3) is 0 Å². The van der Waals surface area contributed by atoms with Crippen molar-refractivity contribution in [1.82, 2.24) is 9.78 Å². The first kappa shape index (κ1) is 18.3. The average Bonchev–Trinajstić information content (AvgIpc) is 3.31. The third-order valence-electron chi connectivity index (χ3n) is 6.35. The lowest BCUT2D eigenvalue weighted by Crippen LogP contribution is -2.18. The summed E-state index contributed by atoms with van der Waals surface area (Å²) in [6, 6.07) is 12.5. The molecule has 1 aromatic heterocycles. The van der Waals surface area contributed by atoms with Crippen LogP contribution in [0.5, 0.6) is 0 Å². The molecule has 1 saturated carbocycles. The van der Waals surface area contributed by atoms with Crippen molar-refractivity contribution < 1.29 is 13.9 Å². The Bertz CT molecular complexity index is 1050. The van der Waals surface area contributed by atoms with E-state index in [0.29, 0.717) is 18.3 Å². The Kier molecular flexibility index (Phi) is 4.55. The molecule has 29 heavy (non-hydrogen) atoms. The number of rotatable bonds is 4. The Morgan fingerprint density at radius 2 is 1.72 bits per heavy atom. The minimum atomic E-state index is -0.580. The number of halogens is 2. The van der Waals surface area contributed by atoms with Crippen LogP contribution in [0.25, 0.3) is 11.8 Å². The summed E-state index contributed by atoms with van der Waals surface area (Å²) in [5.74, 6) is 0.253. The Balaban J connectivity index is 1.36. The highest BCUT2D eigenvalue weighted by Gasteiger charge is 2.36. The molecule has 2 aromatic carbocycles. The highest BCUT2D eigenvalue weighted by atomic mass is 19.1. The van der Waals surface area contributed by atoms with Crippen LogP contribution in [-0.2, 0) is 6.42 Å². The van der Waals surface area contributed by atoms with Gasteiger partial charge in [0, 0.05) is 0 Å². The van der Waals surface area contributed by atoms with E-state index >= 15 is 0 Å². The Hall–Kier alpha value is -2.79. The fourth-order valence-electron chi connectivity index (χ4n) is 4.81. The maximum Gasteiger partial charge on any atom is 0.123 e. The molecule has 5 heteroatoms. The molecule has 1 fully saturated rings. The monoisotopic (exact) mass is 392 g/mol. The van der Waals surface area contributed by atoms with Gasteiger partial charge in [-0.1, -0.05) is 17.7 Å². The summed E-state index contributed by atoms with van der Waals surface area (Å²) in [6.07, 6.45) is 7.19. The molecule has 0 radical (unpaired) electrons. The molecule has 0 bridgehead atoms. The summed E-state index contributed by atoms with van der Waals surface area (Å²) in [5.41, 5.74) is 5.28. The van der Waals surface area contributed by atoms with Crippen molar-refractivity contribution in [2.24, 2.45) is 11.8 Å². The molecular formula is C24H22F2N2O. The van der Waals surface area contributed by atoms with Crippen LogP contribution >= 0.6 is 0 Å². The van der Waals surface area contributed by atoms with Crippen molar-refractivity contribution >= 4 is 6.08 Å². The SMILES string of the molecule is O[C@@H](C[C@H]1CCC2=Cc3c(cnn3-c3ccc(F)cc3)C[C@@H]21)c1ccc(F)cc1. The molecule has 0 saturated heterocycles. The predicted molar refractivity (Wildman–Crippen MR) is 107 cm³/mol. The standard InChI is InChI=1S/C24H22F2N2O/c25-19-5-3-15(4-6-19)24(29)13-17-2-1-16-12-23-18(11-22(16)17)14-27-28(23)21-9-7-20(26)8-10-21/h3-10,12,14,17,22,24,29H,1-2,11,13H2/t17-,22+,24+/m1/s1. The molecule has 2 aliphatic carbocycles. The normalized spacial score (nSPS) is 21.4. The largest absolute Gasteiger partial charge is 0.388 e. The lowest BCUT2D eigenvalue weighted by Gasteiger charge is -2.26. The van der Waals surface area contributed by atoms with Crippen LogP contribution in [0, 0.1) is 23.5 Å². The van der Waals surface area contributed by atoms with Crippen molar-refractivity contribution in [1.29, 1.82) is 0 Å². The third-order valence-corrected chi connectivity index (χ3v) is 6.35. The molecule has 1 heterocycles. The van der Waals surface area contributed by atoms with Crippen LogP contribution in [0.2, 0.25) is 0 Å². The Morgan fingerprint density at radius 1 is 1.03 bits per heavy atom. The van der Waals surface area contributed by atoms with Crippen LogP contribution in [0.1, 0.15) is 42.2 Å². The number of benzene rings is 2. The highest BCUT2D eigenvalue weighted by Crippen LogP contribution is 2.46. The van der Waals surface area contributed by atoms with Gasteiger partial charge in [-0.2, -0.15) is 5.10 Å². The van der Waals surface area contributed by atoms with E-state index in [1.807, 2.05) is 10.9 Å². The van der Waals surface area contributed by atoms with Crippen LogP contribution in [-0.4, -0.2) is 14.9 Å². The maximum absolute atomic E-state index is 13.3. The van der Waals surface area contributed by atoms with Gasteiger partial charge in [0.05, 0.1) is 23.7 Å². The number of allylic oxidation sites excluding steroid dienone is 1. The van der Waals surface area contributed by atoms with E-state index in [9.17, 15) is 13.9 Å². The highest BCUT2D eigenvalue weighted by molar-refractivity contribution is 5.60. The van der Waals surface area contributed by atoms with E-state index in [4.69, 9.17) is 0 Å². The van der Waals surface area contributed by atoms with E-state index < -0.39 is 6.10 Å². The zero-order chi connectivity index (χ0) is 20.0. The van der Waals surface area contributed by atoms with Crippen molar-refractivity contribution in [3.8, 4) is 5.69 Å². The second kappa shape index (κ2) is 7.23. The first-order valence-electron chi connectivity index (χ1n) is 10.1. The second-order valence-corrected chi connectivity index (χ2v) is 8.07. The summed E-state index contributed by atoms with van der Waals surface area (Å²) in [6.45, 7) is 0. The Labute approximate surface area is 168 Å². The van der Waals surface area contributed by atoms with Gasteiger partial charge < -0.3 is 5.11 Å². The van der Waals surface area contributed by atoms with E-state index in [1.165, 1.54) is 35.4 Å². The van der Waals surface area contributed by atoms with Gasteiger partial charge in [0.15, 0.2) is 0 Å². The molecule has 3 atom stereocenters. The molecule has 1 N–H and O–H groups in total. The van der Waals surface area contributed by atoms with Crippen LogP contribution < -0.4 is 0 Å². The van der Waals surface area contributed by atoms with Crippen molar-refractivity contribution in [2.45, 2.75) is 31.8 Å². The summed E-state index contributed by atoms with van der Waals surface area (Å²) in [5, 5.41) is 15.2. The minimum Gasteiger partial charge on any atom is -0.388 e. The molecule has 5 rings (SSSR count). The van der Waals surface area contributed by atoms with Gasteiger partial charge in [0.1, 0.15) is 11.6 Å². The molecule has 3 nitrogen and oxygen atoms in total. The predicted octanol–water partition coefficient (Wildman–Crippen LogP) is 5.24. The van der Waals surface area contributed by atoms with Gasteiger partial charge in [-0.25, -0.2) is 13.5 Å². The van der Waals surface area contributed by atoms with Gasteiger partial charge in [-0.15, -0.1) is 0 Å². The molecule has 0 amide bonds. The number of aromatic nitrogens is 2. The maximum atomic E-state index is 13.3. The van der Waals surface area contributed by atoms with Crippen LogP contribution in [0.15, 0.2) is 60.3 Å². The fraction of sp³-hybridized carbons (Fsp3) is 0.292. The molecule has 3 aromatic rings. The van der Waals surface area contributed by atoms with E-state index in [0.717, 1.165) is 36.2 Å². The molecule has 0 aliphatic heterocycles. The topological polar surface area (TPSA) is 38.1 Å². The van der Waals surface area contributed by atoms with E-state index in [-0.39, 0.29) is 11.6 Å². The summed E-state index contributed by atoms with van der Waals surface area (Å²) in [7, 11) is 0. The van der Waals surface area contributed by atoms with Gasteiger partial charge in [-0.3, -0.25) is 0 Å². The number of aliphatic hydroxyl groups is 1. The van der Waals surface area contributed by atoms with Crippen molar-refractivity contribution in [2.75, 3.05) is 0 Å². The number of nitrogens with zero attached hydrogens (tertiary/aromatic N) is 2. The average molecular weight is 392 g/mol. The Morgan fingerprint density at radius 3 is 2.45 bits per heavy atom. The molecule has 2 aliphatic rings. The summed E-state index contributed by atoms with van der Waals surface area (Å²) >= 11 is 0. The zero-order valence-corrected chi connectivity index (χ0v) is 15.9. The molecule has 0 unspecified atom stereocenters. The summed E-state index contributed by atoms with van der Waals surface area (Å²) < 4.78 is 28.3. The lowest BCUT2D eigenvalue weighted by molar-refractivity contribution is 0.134. The minimum absolute atomic E-state index is 0.258. The first-order valence-corrected chi connectivity index (χ1v) is 10.1. The van der Waals surface area contributed by atoms with Crippen molar-refractivity contribution in [3.63, 3.8) is 0 Å². The number of hydrogen-bond acceptors (Lipinski definition) is 2. The van der Waals surface area contributed by atoms with Gasteiger partial charge >= 0.3 is 0 Å². The van der Waals surface area contributed by atoms with Crippen LogP contribution in [0.4, 0.5) is 8.78 Å². The molecule has 148 valence electrons. The number of fused-ring (bicyclic) bond motifs is 2. The van der Waals surface area contributed by atoms with Crippen molar-refractivity contribution in [3.05, 3.63) is 88.8 Å². The summed E-state index contributed by atoms with van der Waals surface area (Å²) in [4.78, 5) is 0. The molecular weight excluding hydrogens is 370 g/mol. The zero-order valence-electron chi connectivity index (χ0n) is 15.9. The lowest BCUT2D eigenvalue weighted by atomic mass is 9.80. The quantitative estimate of drug-likeness (QED) is 0.659. The number of hydrogen-bond donors (Lipinski definition) is 1. The van der Waals surface area contributed by atoms with Gasteiger partial charge in [0.2, 0.25) is 0 Å². The second-order valence-electron chi connectivity index (χ2n) is 8.07. The van der Waals surface area contributed by atoms with Crippen LogP contribution in [0.3, 0.4) is 0 Å². The molecule has 0 spiro atoms. The van der Waals surface area contributed by atoms with E-state index in [2.05, 4.69) is 11.2 Å². The number of aliphatic hydroxyl groups excluding tert-OH is 1. The fourth-order valence-corrected chi connectivity index (χ4v) is 4.81.